The van der Waals surface area contributed by atoms with Crippen molar-refractivity contribution in [3.8, 4) is 21.7 Å². The normalized spacial score (nSPS) is 11.2. The number of esters is 1. The van der Waals surface area contributed by atoms with Crippen LogP contribution in [0.2, 0.25) is 0 Å². The standard InChI is InChI=1S/C29H30F3N5O4S.CH4O/c1-5-33-28(40)36-24-12-18(26-35-23(15-42-26)29(30,31)32)20(13-34-24)17-7-8-22-19(11-17)25(38)21(27(39)41-6-2)14-37(22)10-9-16(3)4;1-2/h7-8,11-16H,5-6,9-10H2,1-4H3,(H2,33,34,36,40);2H,1H3. The fourth-order valence-electron chi connectivity index (χ4n) is 4.28. The molecule has 3 N–H and O–H groups in total. The van der Waals surface area contributed by atoms with E-state index in [2.05, 4.69) is 34.4 Å². The van der Waals surface area contributed by atoms with Crippen molar-refractivity contribution in [2.75, 3.05) is 25.6 Å². The van der Waals surface area contributed by atoms with Gasteiger partial charge in [0, 0.05) is 54.5 Å². The number of carbonyl (C=O) groups excluding carboxylic acids is 2. The molecule has 0 atom stereocenters. The lowest BCUT2D eigenvalue weighted by molar-refractivity contribution is -0.140. The quantitative estimate of drug-likeness (QED) is 0.187. The number of aliphatic hydroxyl groups is 1. The first-order valence-electron chi connectivity index (χ1n) is 13.8. The summed E-state index contributed by atoms with van der Waals surface area (Å²) in [6, 6.07) is 5.95. The number of alkyl halides is 3. The van der Waals surface area contributed by atoms with E-state index in [1.807, 2.05) is 4.57 Å². The molecule has 0 radical (unpaired) electrons. The molecule has 44 heavy (non-hydrogen) atoms. The van der Waals surface area contributed by atoms with E-state index in [0.717, 1.165) is 30.2 Å². The van der Waals surface area contributed by atoms with Gasteiger partial charge in [0.25, 0.3) is 0 Å². The molecule has 0 aliphatic heterocycles. The lowest BCUT2D eigenvalue weighted by atomic mass is 9.99. The Morgan fingerprint density at radius 3 is 2.48 bits per heavy atom. The molecule has 236 valence electrons. The lowest BCUT2D eigenvalue weighted by Crippen LogP contribution is -2.28. The molecule has 0 aliphatic carbocycles. The van der Waals surface area contributed by atoms with Gasteiger partial charge in [-0.15, -0.1) is 11.3 Å². The number of aliphatic hydroxyl groups excluding tert-OH is 1. The Bertz CT molecular complexity index is 1680. The number of nitrogens with zero attached hydrogens (tertiary/aromatic N) is 3. The average Bonchev–Trinajstić information content (AvgIpc) is 3.49. The summed E-state index contributed by atoms with van der Waals surface area (Å²) in [7, 11) is 1.00. The van der Waals surface area contributed by atoms with Crippen LogP contribution in [0.25, 0.3) is 32.6 Å². The van der Waals surface area contributed by atoms with Crippen LogP contribution in [-0.2, 0) is 17.5 Å². The zero-order valence-electron chi connectivity index (χ0n) is 24.9. The Labute approximate surface area is 255 Å². The van der Waals surface area contributed by atoms with Gasteiger partial charge in [-0.2, -0.15) is 13.2 Å². The number of hydrogen-bond donors (Lipinski definition) is 3. The summed E-state index contributed by atoms with van der Waals surface area (Å²) in [5.74, 6) is -0.270. The Hall–Kier alpha value is -4.30. The summed E-state index contributed by atoms with van der Waals surface area (Å²) in [6.45, 7) is 8.52. The number of benzene rings is 1. The molecule has 14 heteroatoms. The van der Waals surface area contributed by atoms with E-state index in [0.29, 0.717) is 35.7 Å². The van der Waals surface area contributed by atoms with Crippen molar-refractivity contribution in [3.05, 3.63) is 63.5 Å². The first-order chi connectivity index (χ1) is 20.9. The van der Waals surface area contributed by atoms with Crippen molar-refractivity contribution < 1.29 is 32.6 Å². The third-order valence-corrected chi connectivity index (χ3v) is 7.22. The summed E-state index contributed by atoms with van der Waals surface area (Å²) in [5.41, 5.74) is 0.0361. The molecule has 4 rings (SSSR count). The second-order valence-corrected chi connectivity index (χ2v) is 10.7. The maximum absolute atomic E-state index is 13.5. The summed E-state index contributed by atoms with van der Waals surface area (Å²) >= 11 is 0.792. The van der Waals surface area contributed by atoms with Gasteiger partial charge in [-0.05, 0) is 49.9 Å². The molecule has 4 aromatic rings. The molecule has 0 bridgehead atoms. The van der Waals surface area contributed by atoms with Crippen LogP contribution in [0.3, 0.4) is 0 Å². The smallest absolute Gasteiger partial charge is 0.434 e. The summed E-state index contributed by atoms with van der Waals surface area (Å²) in [5, 5.41) is 13.3. The zero-order chi connectivity index (χ0) is 32.6. The number of anilines is 1. The molecule has 0 saturated heterocycles. The lowest BCUT2D eigenvalue weighted by Gasteiger charge is -2.16. The third-order valence-electron chi connectivity index (χ3n) is 6.34. The van der Waals surface area contributed by atoms with E-state index in [4.69, 9.17) is 9.84 Å². The molecule has 0 unspecified atom stereocenters. The van der Waals surface area contributed by atoms with Crippen molar-refractivity contribution in [2.45, 2.75) is 46.8 Å². The van der Waals surface area contributed by atoms with E-state index in [-0.39, 0.29) is 33.9 Å². The number of pyridine rings is 2. The number of rotatable bonds is 9. The van der Waals surface area contributed by atoms with Crippen molar-refractivity contribution in [1.82, 2.24) is 19.9 Å². The predicted molar refractivity (Wildman–Crippen MR) is 164 cm³/mol. The molecule has 1 aromatic carbocycles. The number of aryl methyl sites for hydroxylation is 1. The maximum atomic E-state index is 13.5. The number of amides is 2. The number of carbonyl (C=O) groups is 2. The number of nitrogens with one attached hydrogen (secondary N) is 2. The number of aromatic nitrogens is 3. The molecular formula is C30H34F3N5O5S. The fraction of sp³-hybridized carbons (Fsp3) is 0.367. The Kier molecular flexibility index (Phi) is 11.6. The van der Waals surface area contributed by atoms with Gasteiger partial charge in [-0.1, -0.05) is 19.9 Å². The predicted octanol–water partition coefficient (Wildman–Crippen LogP) is 6.18. The zero-order valence-corrected chi connectivity index (χ0v) is 25.7. The number of ether oxygens (including phenoxy) is 1. The summed E-state index contributed by atoms with van der Waals surface area (Å²) < 4.78 is 47.1. The molecular weight excluding hydrogens is 599 g/mol. The van der Waals surface area contributed by atoms with Gasteiger partial charge < -0.3 is 19.7 Å². The SMILES string of the molecule is CCNC(=O)Nc1cc(-c2nc(C(F)(F)F)cs2)c(-c2ccc3c(c2)c(=O)c(C(=O)OCC)cn3CCC(C)C)cn1.CO. The summed E-state index contributed by atoms with van der Waals surface area (Å²) in [4.78, 5) is 46.3. The van der Waals surface area contributed by atoms with Crippen LogP contribution in [0, 0.1) is 5.92 Å². The number of fused-ring (bicyclic) bond motifs is 1. The van der Waals surface area contributed by atoms with Crippen molar-refractivity contribution in [1.29, 1.82) is 0 Å². The Morgan fingerprint density at radius 2 is 1.86 bits per heavy atom. The molecule has 0 spiro atoms. The topological polar surface area (TPSA) is 135 Å². The highest BCUT2D eigenvalue weighted by Gasteiger charge is 2.34. The Balaban J connectivity index is 0.00000259. The first-order valence-corrected chi connectivity index (χ1v) is 14.7. The summed E-state index contributed by atoms with van der Waals surface area (Å²) in [6.07, 6.45) is -0.938. The average molecular weight is 634 g/mol. The monoisotopic (exact) mass is 633 g/mol. The fourth-order valence-corrected chi connectivity index (χ4v) is 5.14. The maximum Gasteiger partial charge on any atom is 0.434 e. The van der Waals surface area contributed by atoms with E-state index in [1.54, 1.807) is 32.0 Å². The molecule has 2 amide bonds. The van der Waals surface area contributed by atoms with E-state index in [1.165, 1.54) is 18.5 Å². The minimum atomic E-state index is -4.64. The number of urea groups is 1. The van der Waals surface area contributed by atoms with Crippen LogP contribution in [0.5, 0.6) is 0 Å². The Morgan fingerprint density at radius 1 is 1.14 bits per heavy atom. The van der Waals surface area contributed by atoms with E-state index in [9.17, 15) is 27.6 Å². The van der Waals surface area contributed by atoms with Gasteiger partial charge in [0.05, 0.1) is 12.1 Å². The molecule has 3 aromatic heterocycles. The minimum Gasteiger partial charge on any atom is -0.462 e. The second kappa shape index (κ2) is 14.9. The van der Waals surface area contributed by atoms with Crippen molar-refractivity contribution in [3.63, 3.8) is 0 Å². The van der Waals surface area contributed by atoms with Crippen molar-refractivity contribution in [2.24, 2.45) is 5.92 Å². The largest absolute Gasteiger partial charge is 0.462 e. The highest BCUT2D eigenvalue weighted by molar-refractivity contribution is 7.13. The van der Waals surface area contributed by atoms with Crippen LogP contribution < -0.4 is 16.1 Å². The van der Waals surface area contributed by atoms with Crippen molar-refractivity contribution >= 4 is 40.1 Å². The van der Waals surface area contributed by atoms with Crippen LogP contribution >= 0.6 is 11.3 Å². The number of thiazole rings is 1. The molecule has 0 saturated carbocycles. The number of halogens is 3. The third kappa shape index (κ3) is 7.99. The van der Waals surface area contributed by atoms with Crippen LogP contribution in [0.15, 0.2) is 46.8 Å². The van der Waals surface area contributed by atoms with Gasteiger partial charge in [0.1, 0.15) is 16.4 Å². The van der Waals surface area contributed by atoms with Gasteiger partial charge in [0.15, 0.2) is 5.69 Å². The van der Waals surface area contributed by atoms with E-state index < -0.39 is 29.3 Å². The highest BCUT2D eigenvalue weighted by atomic mass is 32.1. The highest BCUT2D eigenvalue weighted by Crippen LogP contribution is 2.39. The van der Waals surface area contributed by atoms with Gasteiger partial charge >= 0.3 is 18.2 Å². The van der Waals surface area contributed by atoms with E-state index >= 15 is 0 Å². The molecule has 0 aliphatic rings. The second-order valence-electron chi connectivity index (χ2n) is 9.84. The first kappa shape index (κ1) is 34.2. The number of hydrogen-bond acceptors (Lipinski definition) is 8. The minimum absolute atomic E-state index is 0.0494. The van der Waals surface area contributed by atoms with Crippen LogP contribution in [0.4, 0.5) is 23.8 Å². The van der Waals surface area contributed by atoms with Gasteiger partial charge in [0.2, 0.25) is 5.43 Å². The molecule has 3 heterocycles. The van der Waals surface area contributed by atoms with Gasteiger partial charge in [-0.25, -0.2) is 19.6 Å². The molecule has 0 fully saturated rings. The van der Waals surface area contributed by atoms with Crippen LogP contribution in [-0.4, -0.2) is 51.9 Å². The van der Waals surface area contributed by atoms with Gasteiger partial charge in [-0.3, -0.25) is 10.1 Å². The molecule has 10 nitrogen and oxygen atoms in total. The van der Waals surface area contributed by atoms with Crippen LogP contribution in [0.1, 0.15) is 50.2 Å².